The van der Waals surface area contributed by atoms with E-state index in [2.05, 4.69) is 0 Å². The Hall–Kier alpha value is -2.27. The summed E-state index contributed by atoms with van der Waals surface area (Å²) in [6.45, 7) is 0. The van der Waals surface area contributed by atoms with E-state index in [9.17, 15) is 15.0 Å². The van der Waals surface area contributed by atoms with Crippen molar-refractivity contribution in [1.82, 2.24) is 5.43 Å². The first-order valence-corrected chi connectivity index (χ1v) is 4.59. The fourth-order valence-electron chi connectivity index (χ4n) is 1.56. The summed E-state index contributed by atoms with van der Waals surface area (Å²) < 4.78 is 0. The Morgan fingerprint density at radius 2 is 1.94 bits per heavy atom. The third-order valence-corrected chi connectivity index (χ3v) is 2.35. The molecule has 0 unspecified atom stereocenters. The maximum absolute atomic E-state index is 11.3. The third-order valence-electron chi connectivity index (χ3n) is 2.35. The number of nitrogens with two attached hydrogens (primary N) is 1. The molecule has 82 valence electrons. The number of phenolic OH excluding ortho intramolecular Hbond substituents is 2. The number of nitrogen functional groups attached to an aromatic ring is 1. The van der Waals surface area contributed by atoms with Crippen molar-refractivity contribution in [3.8, 4) is 11.5 Å². The quantitative estimate of drug-likeness (QED) is 0.324. The van der Waals surface area contributed by atoms with E-state index in [1.807, 2.05) is 5.43 Å². The molecule has 0 aliphatic heterocycles. The lowest BCUT2D eigenvalue weighted by Crippen LogP contribution is -2.29. The van der Waals surface area contributed by atoms with Gasteiger partial charge in [0.25, 0.3) is 5.91 Å². The average molecular weight is 218 g/mol. The van der Waals surface area contributed by atoms with Crippen molar-refractivity contribution in [2.45, 2.75) is 0 Å². The lowest BCUT2D eigenvalue weighted by molar-refractivity contribution is 0.0951. The summed E-state index contributed by atoms with van der Waals surface area (Å²) in [6.07, 6.45) is 0. The maximum atomic E-state index is 11.3. The molecule has 2 rings (SSSR count). The van der Waals surface area contributed by atoms with Gasteiger partial charge in [-0.05, 0) is 23.6 Å². The number of nitrogens with one attached hydrogen (secondary N) is 1. The Morgan fingerprint density at radius 3 is 2.62 bits per heavy atom. The van der Waals surface area contributed by atoms with Gasteiger partial charge in [-0.3, -0.25) is 10.2 Å². The van der Waals surface area contributed by atoms with Crippen LogP contribution in [0.3, 0.4) is 0 Å². The fraction of sp³-hybridized carbons (Fsp3) is 0. The van der Waals surface area contributed by atoms with Gasteiger partial charge in [-0.2, -0.15) is 0 Å². The number of phenols is 2. The number of benzene rings is 2. The lowest BCUT2D eigenvalue weighted by atomic mass is 10.0. The highest BCUT2D eigenvalue weighted by Gasteiger charge is 2.12. The third kappa shape index (κ3) is 1.53. The van der Waals surface area contributed by atoms with Gasteiger partial charge in [0.1, 0.15) is 11.5 Å². The van der Waals surface area contributed by atoms with E-state index in [0.717, 1.165) is 0 Å². The van der Waals surface area contributed by atoms with Gasteiger partial charge >= 0.3 is 0 Å². The van der Waals surface area contributed by atoms with Crippen LogP contribution >= 0.6 is 0 Å². The summed E-state index contributed by atoms with van der Waals surface area (Å²) in [5, 5.41) is 20.3. The Morgan fingerprint density at radius 1 is 1.19 bits per heavy atom. The van der Waals surface area contributed by atoms with E-state index in [4.69, 9.17) is 5.84 Å². The Bertz CT molecular complexity index is 566. The van der Waals surface area contributed by atoms with Crippen LogP contribution < -0.4 is 11.3 Å². The Labute approximate surface area is 91.1 Å². The van der Waals surface area contributed by atoms with E-state index < -0.39 is 5.91 Å². The molecule has 5 nitrogen and oxygen atoms in total. The van der Waals surface area contributed by atoms with Gasteiger partial charge in [0.2, 0.25) is 0 Å². The van der Waals surface area contributed by atoms with Crippen LogP contribution in [0.5, 0.6) is 11.5 Å². The number of hydrogen-bond acceptors (Lipinski definition) is 4. The first-order chi connectivity index (χ1) is 7.63. The molecule has 0 aliphatic rings. The average Bonchev–Trinajstić information content (AvgIpc) is 2.29. The summed E-state index contributed by atoms with van der Waals surface area (Å²) in [6, 6.07) is 7.67. The largest absolute Gasteiger partial charge is 0.507 e. The highest BCUT2D eigenvalue weighted by molar-refractivity contribution is 6.02. The van der Waals surface area contributed by atoms with Crippen LogP contribution in [-0.2, 0) is 0 Å². The minimum absolute atomic E-state index is 0.0486. The molecule has 0 aromatic heterocycles. The molecule has 0 fully saturated rings. The summed E-state index contributed by atoms with van der Waals surface area (Å²) in [5.41, 5.74) is 2.01. The molecule has 0 radical (unpaired) electrons. The van der Waals surface area contributed by atoms with Gasteiger partial charge in [0.15, 0.2) is 0 Å². The van der Waals surface area contributed by atoms with Gasteiger partial charge in [-0.25, -0.2) is 5.84 Å². The van der Waals surface area contributed by atoms with Crippen molar-refractivity contribution < 1.29 is 15.0 Å². The lowest BCUT2D eigenvalue weighted by Gasteiger charge is -2.06. The highest BCUT2D eigenvalue weighted by Crippen LogP contribution is 2.30. The van der Waals surface area contributed by atoms with Gasteiger partial charge in [-0.1, -0.05) is 12.1 Å². The number of carbonyl (C=O) groups is 1. The maximum Gasteiger partial charge on any atom is 0.268 e. The fourth-order valence-corrected chi connectivity index (χ4v) is 1.56. The Kier molecular flexibility index (Phi) is 2.38. The van der Waals surface area contributed by atoms with Crippen LogP contribution in [0, 0.1) is 0 Å². The smallest absolute Gasteiger partial charge is 0.268 e. The predicted molar refractivity (Wildman–Crippen MR) is 58.9 cm³/mol. The Balaban J connectivity index is 2.72. The summed E-state index contributed by atoms with van der Waals surface area (Å²) in [7, 11) is 0. The van der Waals surface area contributed by atoms with Crippen molar-refractivity contribution in [3.63, 3.8) is 0 Å². The zero-order valence-corrected chi connectivity index (χ0v) is 8.27. The first-order valence-electron chi connectivity index (χ1n) is 4.59. The van der Waals surface area contributed by atoms with E-state index in [1.165, 1.54) is 18.2 Å². The molecule has 2 aromatic rings. The molecule has 16 heavy (non-hydrogen) atoms. The highest BCUT2D eigenvalue weighted by atomic mass is 16.3. The molecule has 0 saturated heterocycles. The second kappa shape index (κ2) is 3.71. The number of aromatic hydroxyl groups is 2. The molecule has 0 aliphatic carbocycles. The molecule has 2 aromatic carbocycles. The van der Waals surface area contributed by atoms with E-state index >= 15 is 0 Å². The first kappa shape index (κ1) is 10.3. The van der Waals surface area contributed by atoms with Crippen LogP contribution in [0.15, 0.2) is 30.3 Å². The van der Waals surface area contributed by atoms with E-state index in [-0.39, 0.29) is 17.1 Å². The number of amides is 1. The van der Waals surface area contributed by atoms with Crippen molar-refractivity contribution >= 4 is 16.7 Å². The minimum atomic E-state index is -0.581. The van der Waals surface area contributed by atoms with E-state index in [1.54, 1.807) is 12.1 Å². The van der Waals surface area contributed by atoms with Crippen molar-refractivity contribution in [3.05, 3.63) is 35.9 Å². The van der Waals surface area contributed by atoms with Crippen molar-refractivity contribution in [2.24, 2.45) is 5.84 Å². The summed E-state index contributed by atoms with van der Waals surface area (Å²) in [4.78, 5) is 11.3. The summed E-state index contributed by atoms with van der Waals surface area (Å²) in [5.74, 6) is 4.23. The molecule has 0 heterocycles. The molecule has 5 N–H and O–H groups in total. The molecule has 0 spiro atoms. The van der Waals surface area contributed by atoms with Crippen LogP contribution in [0.2, 0.25) is 0 Å². The standard InChI is InChI=1S/C11H10N2O3/c12-13-11(16)8-4-6-2-1-3-9(14)7(6)5-10(8)15/h1-5,14-15H,12H2,(H,13,16). The topological polar surface area (TPSA) is 95.6 Å². The van der Waals surface area contributed by atoms with Crippen LogP contribution in [0.1, 0.15) is 10.4 Å². The molecule has 1 amide bonds. The van der Waals surface area contributed by atoms with Crippen LogP contribution in [0.25, 0.3) is 10.8 Å². The predicted octanol–water partition coefficient (Wildman–Crippen LogP) is 0.854. The van der Waals surface area contributed by atoms with Gasteiger partial charge in [0.05, 0.1) is 5.56 Å². The minimum Gasteiger partial charge on any atom is -0.507 e. The SMILES string of the molecule is NNC(=O)c1cc2cccc(O)c2cc1O. The molecular weight excluding hydrogens is 208 g/mol. The molecule has 0 bridgehead atoms. The second-order valence-electron chi connectivity index (χ2n) is 3.34. The van der Waals surface area contributed by atoms with Crippen molar-refractivity contribution in [1.29, 1.82) is 0 Å². The monoisotopic (exact) mass is 218 g/mol. The molecule has 0 atom stereocenters. The number of hydrogen-bond donors (Lipinski definition) is 4. The number of carbonyl (C=O) groups excluding carboxylic acids is 1. The van der Waals surface area contributed by atoms with E-state index in [0.29, 0.717) is 10.8 Å². The molecule has 0 saturated carbocycles. The van der Waals surface area contributed by atoms with Gasteiger partial charge in [-0.15, -0.1) is 0 Å². The van der Waals surface area contributed by atoms with Crippen LogP contribution in [0.4, 0.5) is 0 Å². The number of hydrazine groups is 1. The zero-order valence-electron chi connectivity index (χ0n) is 8.27. The molecule has 5 heteroatoms. The van der Waals surface area contributed by atoms with Gasteiger partial charge in [0, 0.05) is 5.39 Å². The zero-order chi connectivity index (χ0) is 11.7. The summed E-state index contributed by atoms with van der Waals surface area (Å²) >= 11 is 0. The second-order valence-corrected chi connectivity index (χ2v) is 3.34. The van der Waals surface area contributed by atoms with Gasteiger partial charge < -0.3 is 10.2 Å². The number of rotatable bonds is 1. The number of fused-ring (bicyclic) bond motifs is 1. The van der Waals surface area contributed by atoms with Crippen molar-refractivity contribution in [2.75, 3.05) is 0 Å². The molecular formula is C11H10N2O3. The van der Waals surface area contributed by atoms with Crippen LogP contribution in [-0.4, -0.2) is 16.1 Å². The normalized spacial score (nSPS) is 10.3.